The molecule has 1 amide bonds. The van der Waals surface area contributed by atoms with Gasteiger partial charge in [0, 0.05) is 4.91 Å². The normalized spacial score (nSPS) is 19.9. The largest absolute Gasteiger partial charge is 1.00 e. The molecule has 1 aromatic rings. The summed E-state index contributed by atoms with van der Waals surface area (Å²) in [7, 11) is 0. The van der Waals surface area contributed by atoms with Gasteiger partial charge in [0.15, 0.2) is 0 Å². The molecular weight excluding hydrogens is 301 g/mol. The Morgan fingerprint density at radius 3 is 2.67 bits per heavy atom. The first-order valence-electron chi connectivity index (χ1n) is 6.21. The number of thioether (sulfide) groups is 1. The maximum atomic E-state index is 11.4. The van der Waals surface area contributed by atoms with Gasteiger partial charge in [-0.05, 0) is 5.56 Å². The van der Waals surface area contributed by atoms with E-state index in [0.29, 0.717) is 17.9 Å². The molecule has 1 aromatic carbocycles. The quantitative estimate of drug-likeness (QED) is 0.443. The van der Waals surface area contributed by atoms with Crippen LogP contribution in [0.4, 0.5) is 0 Å². The van der Waals surface area contributed by atoms with E-state index < -0.39 is 5.97 Å². The van der Waals surface area contributed by atoms with E-state index in [1.54, 1.807) is 0 Å². The number of nitrogens with zero attached hydrogens (tertiary/aromatic N) is 1. The van der Waals surface area contributed by atoms with Crippen molar-refractivity contribution >= 4 is 23.6 Å². The molecule has 0 aliphatic carbocycles. The van der Waals surface area contributed by atoms with E-state index in [-0.39, 0.29) is 53.1 Å². The summed E-state index contributed by atoms with van der Waals surface area (Å²) in [6, 6.07) is 9.63. The van der Waals surface area contributed by atoms with Gasteiger partial charge < -0.3 is 14.6 Å². The smallest absolute Gasteiger partial charge is 0.543 e. The predicted molar refractivity (Wildman–Crippen MR) is 71.0 cm³/mol. The molecule has 2 aliphatic rings. The van der Waals surface area contributed by atoms with E-state index in [9.17, 15) is 14.7 Å². The number of amides is 1. The summed E-state index contributed by atoms with van der Waals surface area (Å²) in [5.41, 5.74) is 0.995. The van der Waals surface area contributed by atoms with Gasteiger partial charge in [-0.25, -0.2) is 0 Å². The molecular formula is C14H12NNaO4S. The van der Waals surface area contributed by atoms with Crippen molar-refractivity contribution in [2.24, 2.45) is 0 Å². The Labute approximate surface area is 148 Å². The topological polar surface area (TPSA) is 69.7 Å². The zero-order valence-electron chi connectivity index (χ0n) is 11.6. The third-order valence-electron chi connectivity index (χ3n) is 3.23. The van der Waals surface area contributed by atoms with Crippen molar-refractivity contribution in [3.05, 3.63) is 46.5 Å². The van der Waals surface area contributed by atoms with E-state index in [1.165, 1.54) is 16.7 Å². The first-order valence-corrected chi connectivity index (χ1v) is 7.09. The van der Waals surface area contributed by atoms with Crippen LogP contribution in [0.3, 0.4) is 0 Å². The van der Waals surface area contributed by atoms with Crippen molar-refractivity contribution in [3.8, 4) is 0 Å². The summed E-state index contributed by atoms with van der Waals surface area (Å²) in [6.45, 7) is 0.590. The molecule has 7 heteroatoms. The summed E-state index contributed by atoms with van der Waals surface area (Å²) in [4.78, 5) is 24.4. The van der Waals surface area contributed by atoms with Gasteiger partial charge in [0.1, 0.15) is 0 Å². The van der Waals surface area contributed by atoms with Crippen LogP contribution < -0.4 is 34.7 Å². The van der Waals surface area contributed by atoms with E-state index in [4.69, 9.17) is 4.74 Å². The number of hydrogen-bond donors (Lipinski definition) is 0. The van der Waals surface area contributed by atoms with Crippen molar-refractivity contribution in [1.82, 2.24) is 4.90 Å². The Morgan fingerprint density at radius 2 is 2.05 bits per heavy atom. The van der Waals surface area contributed by atoms with Gasteiger partial charge in [-0.3, -0.25) is 9.69 Å². The van der Waals surface area contributed by atoms with Crippen LogP contribution in [-0.4, -0.2) is 28.8 Å². The molecule has 2 aliphatic heterocycles. The molecule has 21 heavy (non-hydrogen) atoms. The first kappa shape index (κ1) is 16.6. The number of benzene rings is 1. The minimum Gasteiger partial charge on any atom is -0.543 e. The van der Waals surface area contributed by atoms with E-state index in [0.717, 1.165) is 5.56 Å². The maximum Gasteiger partial charge on any atom is 1.00 e. The minimum atomic E-state index is -1.31. The Bertz CT molecular complexity index is 590. The van der Waals surface area contributed by atoms with Gasteiger partial charge in [-0.15, -0.1) is 0 Å². The third kappa shape index (κ3) is 3.35. The number of rotatable bonds is 5. The number of β-lactam (4-membered cyclic amide) rings is 1. The van der Waals surface area contributed by atoms with E-state index in [1.807, 2.05) is 30.3 Å². The monoisotopic (exact) mass is 313 g/mol. The van der Waals surface area contributed by atoms with Gasteiger partial charge in [0.2, 0.25) is 5.91 Å². The number of ether oxygens (including phenoxy) is 1. The first-order chi connectivity index (χ1) is 9.66. The SMILES string of the molecule is O=C([O-])C1=C(COCc2ccccc2)S[C@H]2CC(=O)N12.[Na+]. The molecule has 0 aromatic heterocycles. The molecule has 1 fully saturated rings. The summed E-state index contributed by atoms with van der Waals surface area (Å²) in [5, 5.41) is 11.1. The van der Waals surface area contributed by atoms with Crippen molar-refractivity contribution in [1.29, 1.82) is 0 Å². The summed E-state index contributed by atoms with van der Waals surface area (Å²) in [5.74, 6) is -1.48. The molecule has 1 saturated heterocycles. The number of carbonyl (C=O) groups is 2. The number of fused-ring (bicyclic) bond motifs is 1. The van der Waals surface area contributed by atoms with Crippen LogP contribution in [0.1, 0.15) is 12.0 Å². The Kier molecular flexibility index (Phi) is 5.51. The number of aliphatic carboxylic acids is 1. The molecule has 0 bridgehead atoms. The molecule has 5 nitrogen and oxygen atoms in total. The second kappa shape index (κ2) is 6.98. The molecule has 3 rings (SSSR count). The molecule has 0 spiro atoms. The number of carboxylic acid groups (broad SMARTS) is 1. The number of carboxylic acids is 1. The predicted octanol–water partition coefficient (Wildman–Crippen LogP) is -2.53. The van der Waals surface area contributed by atoms with Gasteiger partial charge in [-0.1, -0.05) is 42.1 Å². The van der Waals surface area contributed by atoms with Crippen molar-refractivity contribution in [3.63, 3.8) is 0 Å². The van der Waals surface area contributed by atoms with Gasteiger partial charge in [-0.2, -0.15) is 0 Å². The molecule has 0 saturated carbocycles. The zero-order chi connectivity index (χ0) is 14.1. The Hall–Kier alpha value is -0.790. The second-order valence-electron chi connectivity index (χ2n) is 4.58. The van der Waals surface area contributed by atoms with Crippen molar-refractivity contribution < 1.29 is 49.0 Å². The zero-order valence-corrected chi connectivity index (χ0v) is 14.4. The van der Waals surface area contributed by atoms with Crippen molar-refractivity contribution in [2.75, 3.05) is 6.61 Å². The minimum absolute atomic E-state index is 0. The Morgan fingerprint density at radius 1 is 1.33 bits per heavy atom. The summed E-state index contributed by atoms with van der Waals surface area (Å²) >= 11 is 1.37. The Balaban J connectivity index is 0.00000161. The number of hydrogen-bond acceptors (Lipinski definition) is 5. The molecule has 104 valence electrons. The summed E-state index contributed by atoms with van der Waals surface area (Å²) < 4.78 is 5.54. The second-order valence-corrected chi connectivity index (χ2v) is 5.85. The fraction of sp³-hybridized carbons (Fsp3) is 0.286. The van der Waals surface area contributed by atoms with Crippen LogP contribution >= 0.6 is 11.8 Å². The fourth-order valence-corrected chi connectivity index (χ4v) is 3.58. The molecule has 0 unspecified atom stereocenters. The van der Waals surface area contributed by atoms with Crippen molar-refractivity contribution in [2.45, 2.75) is 18.4 Å². The van der Waals surface area contributed by atoms with Gasteiger partial charge in [0.25, 0.3) is 0 Å². The standard InChI is InChI=1S/C14H13NO4S.Na/c16-11-6-12-15(11)13(14(17)18)10(20-12)8-19-7-9-4-2-1-3-5-9;/h1-5,12H,6-8H2,(H,17,18);/q;+1/p-1/t12-;/m0./s1. The molecule has 1 atom stereocenters. The van der Waals surface area contributed by atoms with Crippen LogP contribution in [-0.2, 0) is 20.9 Å². The molecule has 0 N–H and O–H groups in total. The maximum absolute atomic E-state index is 11.4. The average Bonchev–Trinajstić information content (AvgIpc) is 2.73. The average molecular weight is 313 g/mol. The van der Waals surface area contributed by atoms with Crippen LogP contribution in [0.5, 0.6) is 0 Å². The van der Waals surface area contributed by atoms with E-state index >= 15 is 0 Å². The fourth-order valence-electron chi connectivity index (χ4n) is 2.25. The van der Waals surface area contributed by atoms with Crippen LogP contribution in [0.25, 0.3) is 0 Å². The van der Waals surface area contributed by atoms with Crippen LogP contribution in [0.2, 0.25) is 0 Å². The molecule has 0 radical (unpaired) electrons. The van der Waals surface area contributed by atoms with Gasteiger partial charge in [0.05, 0.1) is 36.7 Å². The van der Waals surface area contributed by atoms with Crippen LogP contribution in [0, 0.1) is 0 Å². The summed E-state index contributed by atoms with van der Waals surface area (Å²) in [6.07, 6.45) is 0.379. The molecule has 2 heterocycles. The van der Waals surface area contributed by atoms with Gasteiger partial charge >= 0.3 is 29.6 Å². The third-order valence-corrected chi connectivity index (χ3v) is 4.47. The number of carbonyl (C=O) groups excluding carboxylic acids is 2. The van der Waals surface area contributed by atoms with Crippen LogP contribution in [0.15, 0.2) is 40.9 Å². The van der Waals surface area contributed by atoms with E-state index in [2.05, 4.69) is 0 Å².